The number of rotatable bonds is 4. The second kappa shape index (κ2) is 4.99. The number of benzene rings is 1. The lowest BCUT2D eigenvalue weighted by Gasteiger charge is -2.18. The highest BCUT2D eigenvalue weighted by Crippen LogP contribution is 2.21. The lowest BCUT2D eigenvalue weighted by atomic mass is 10.1. The highest BCUT2D eigenvalue weighted by Gasteiger charge is 2.12. The monoisotopic (exact) mass is 224 g/mol. The van der Waals surface area contributed by atoms with Crippen molar-refractivity contribution in [2.45, 2.75) is 33.0 Å². The van der Waals surface area contributed by atoms with Crippen LogP contribution in [0.25, 0.3) is 0 Å². The van der Waals surface area contributed by atoms with Crippen LogP contribution in [-0.2, 0) is 0 Å². The first-order valence-corrected chi connectivity index (χ1v) is 5.10. The summed E-state index contributed by atoms with van der Waals surface area (Å²) >= 11 is 0. The summed E-state index contributed by atoms with van der Waals surface area (Å²) in [6.07, 6.45) is -0.895. The number of hydrogen-bond donors (Lipinski definition) is 2. The average Bonchev–Trinajstić information content (AvgIpc) is 2.20. The van der Waals surface area contributed by atoms with E-state index >= 15 is 0 Å². The molecule has 0 aliphatic carbocycles. The van der Waals surface area contributed by atoms with Gasteiger partial charge in [-0.25, -0.2) is 4.79 Å². The summed E-state index contributed by atoms with van der Waals surface area (Å²) in [5.41, 5.74) is 0.974. The van der Waals surface area contributed by atoms with Gasteiger partial charge in [-0.15, -0.1) is 0 Å². The van der Waals surface area contributed by atoms with E-state index in [4.69, 9.17) is 9.84 Å². The summed E-state index contributed by atoms with van der Waals surface area (Å²) in [6.45, 7) is 5.18. The van der Waals surface area contributed by atoms with Crippen LogP contribution in [0, 0.1) is 6.92 Å². The van der Waals surface area contributed by atoms with Gasteiger partial charge in [-0.3, -0.25) is 0 Å². The maximum absolute atomic E-state index is 10.7. The SMILES string of the molecule is Cc1cc(C(=O)O)ccc1OC(C)C(C)O. The molecule has 2 unspecified atom stereocenters. The number of hydrogen-bond acceptors (Lipinski definition) is 3. The standard InChI is InChI=1S/C12H16O4/c1-7-6-10(12(14)15)4-5-11(7)16-9(3)8(2)13/h4-6,8-9,13H,1-3H3,(H,14,15). The van der Waals surface area contributed by atoms with E-state index in [1.165, 1.54) is 6.07 Å². The summed E-state index contributed by atoms with van der Waals surface area (Å²) in [4.78, 5) is 10.7. The number of aryl methyl sites for hydroxylation is 1. The molecule has 88 valence electrons. The Labute approximate surface area is 94.5 Å². The van der Waals surface area contributed by atoms with Crippen molar-refractivity contribution >= 4 is 5.97 Å². The molecule has 0 radical (unpaired) electrons. The smallest absolute Gasteiger partial charge is 0.335 e. The second-order valence-electron chi connectivity index (χ2n) is 3.85. The van der Waals surface area contributed by atoms with E-state index in [0.717, 1.165) is 5.56 Å². The van der Waals surface area contributed by atoms with E-state index in [9.17, 15) is 9.90 Å². The van der Waals surface area contributed by atoms with Gasteiger partial charge in [0.05, 0.1) is 11.7 Å². The summed E-state index contributed by atoms with van der Waals surface area (Å²) in [5.74, 6) is -0.364. The minimum atomic E-state index is -0.960. The van der Waals surface area contributed by atoms with Crippen molar-refractivity contribution in [1.82, 2.24) is 0 Å². The number of aliphatic hydroxyl groups excluding tert-OH is 1. The fourth-order valence-electron chi connectivity index (χ4n) is 1.21. The molecular formula is C12H16O4. The summed E-state index contributed by atoms with van der Waals surface area (Å²) in [6, 6.07) is 4.64. The number of aliphatic hydroxyl groups is 1. The maximum atomic E-state index is 10.7. The Hall–Kier alpha value is -1.55. The molecule has 0 saturated carbocycles. The first kappa shape index (κ1) is 12.5. The number of carboxylic acids is 1. The van der Waals surface area contributed by atoms with Gasteiger partial charge in [0.2, 0.25) is 0 Å². The lowest BCUT2D eigenvalue weighted by Crippen LogP contribution is -2.25. The molecule has 0 spiro atoms. The van der Waals surface area contributed by atoms with Gasteiger partial charge >= 0.3 is 5.97 Å². The van der Waals surface area contributed by atoms with E-state index in [1.54, 1.807) is 32.9 Å². The van der Waals surface area contributed by atoms with Gasteiger partial charge in [0.1, 0.15) is 11.9 Å². The normalized spacial score (nSPS) is 14.2. The third-order valence-electron chi connectivity index (χ3n) is 2.41. The number of ether oxygens (including phenoxy) is 1. The third kappa shape index (κ3) is 2.97. The molecule has 16 heavy (non-hydrogen) atoms. The van der Waals surface area contributed by atoms with Gasteiger partial charge in [0, 0.05) is 0 Å². The van der Waals surface area contributed by atoms with Crippen molar-refractivity contribution in [1.29, 1.82) is 0 Å². The maximum Gasteiger partial charge on any atom is 0.335 e. The van der Waals surface area contributed by atoms with Crippen LogP contribution in [-0.4, -0.2) is 28.4 Å². The quantitative estimate of drug-likeness (QED) is 0.819. The molecular weight excluding hydrogens is 208 g/mol. The molecule has 2 atom stereocenters. The molecule has 1 aromatic carbocycles. The van der Waals surface area contributed by atoms with Crippen LogP contribution in [0.2, 0.25) is 0 Å². The van der Waals surface area contributed by atoms with Crippen molar-refractivity contribution in [3.63, 3.8) is 0 Å². The third-order valence-corrected chi connectivity index (χ3v) is 2.41. The van der Waals surface area contributed by atoms with Gasteiger partial charge in [-0.1, -0.05) is 0 Å². The molecule has 0 aliphatic rings. The number of carbonyl (C=O) groups is 1. The molecule has 2 N–H and O–H groups in total. The van der Waals surface area contributed by atoms with Crippen LogP contribution in [0.3, 0.4) is 0 Å². The minimum Gasteiger partial charge on any atom is -0.488 e. The van der Waals surface area contributed by atoms with Crippen molar-refractivity contribution < 1.29 is 19.7 Å². The van der Waals surface area contributed by atoms with E-state index in [1.807, 2.05) is 0 Å². The number of carboxylic acid groups (broad SMARTS) is 1. The highest BCUT2D eigenvalue weighted by molar-refractivity contribution is 5.88. The Kier molecular flexibility index (Phi) is 3.90. The lowest BCUT2D eigenvalue weighted by molar-refractivity contribution is 0.0598. The van der Waals surface area contributed by atoms with Gasteiger partial charge < -0.3 is 14.9 Å². The Morgan fingerprint density at radius 3 is 2.44 bits per heavy atom. The van der Waals surface area contributed by atoms with E-state index in [0.29, 0.717) is 5.75 Å². The molecule has 4 nitrogen and oxygen atoms in total. The molecule has 4 heteroatoms. The minimum absolute atomic E-state index is 0.231. The van der Waals surface area contributed by atoms with Crippen molar-refractivity contribution in [3.8, 4) is 5.75 Å². The van der Waals surface area contributed by atoms with Gasteiger partial charge in [-0.2, -0.15) is 0 Å². The van der Waals surface area contributed by atoms with E-state index < -0.39 is 12.1 Å². The first-order valence-electron chi connectivity index (χ1n) is 5.10. The molecule has 0 aromatic heterocycles. The summed E-state index contributed by atoms with van der Waals surface area (Å²) in [7, 11) is 0. The summed E-state index contributed by atoms with van der Waals surface area (Å²) in [5, 5.41) is 18.1. The Morgan fingerprint density at radius 1 is 1.38 bits per heavy atom. The van der Waals surface area contributed by atoms with Crippen molar-refractivity contribution in [2.75, 3.05) is 0 Å². The van der Waals surface area contributed by atoms with Crippen LogP contribution in [0.5, 0.6) is 5.75 Å². The zero-order chi connectivity index (χ0) is 12.3. The first-order chi connectivity index (χ1) is 7.41. The molecule has 1 aromatic rings. The summed E-state index contributed by atoms with van der Waals surface area (Å²) < 4.78 is 5.50. The van der Waals surface area contributed by atoms with Gasteiger partial charge in [-0.05, 0) is 44.5 Å². The van der Waals surface area contributed by atoms with E-state index in [2.05, 4.69) is 0 Å². The van der Waals surface area contributed by atoms with Crippen LogP contribution in [0.1, 0.15) is 29.8 Å². The Bertz CT molecular complexity index is 385. The number of aromatic carboxylic acids is 1. The fourth-order valence-corrected chi connectivity index (χ4v) is 1.21. The van der Waals surface area contributed by atoms with Crippen LogP contribution >= 0.6 is 0 Å². The van der Waals surface area contributed by atoms with Gasteiger partial charge in [0.15, 0.2) is 0 Å². The van der Waals surface area contributed by atoms with Crippen molar-refractivity contribution in [3.05, 3.63) is 29.3 Å². The molecule has 0 aliphatic heterocycles. The van der Waals surface area contributed by atoms with E-state index in [-0.39, 0.29) is 11.7 Å². The Morgan fingerprint density at radius 2 is 2.00 bits per heavy atom. The topological polar surface area (TPSA) is 66.8 Å². The predicted molar refractivity (Wildman–Crippen MR) is 59.9 cm³/mol. The zero-order valence-electron chi connectivity index (χ0n) is 9.60. The highest BCUT2D eigenvalue weighted by atomic mass is 16.5. The van der Waals surface area contributed by atoms with Crippen LogP contribution in [0.15, 0.2) is 18.2 Å². The van der Waals surface area contributed by atoms with Crippen molar-refractivity contribution in [2.24, 2.45) is 0 Å². The zero-order valence-corrected chi connectivity index (χ0v) is 9.60. The molecule has 1 rings (SSSR count). The van der Waals surface area contributed by atoms with Crippen LogP contribution < -0.4 is 4.74 Å². The molecule has 0 bridgehead atoms. The fraction of sp³-hybridized carbons (Fsp3) is 0.417. The van der Waals surface area contributed by atoms with Gasteiger partial charge in [0.25, 0.3) is 0 Å². The molecule has 0 fully saturated rings. The largest absolute Gasteiger partial charge is 0.488 e. The molecule has 0 heterocycles. The molecule has 0 amide bonds. The average molecular weight is 224 g/mol. The molecule has 0 saturated heterocycles. The second-order valence-corrected chi connectivity index (χ2v) is 3.85. The Balaban J connectivity index is 2.87. The predicted octanol–water partition coefficient (Wildman–Crippen LogP) is 1.84. The van der Waals surface area contributed by atoms with Crippen LogP contribution in [0.4, 0.5) is 0 Å².